The monoisotopic (exact) mass is 467 g/mol. The van der Waals surface area contributed by atoms with Crippen molar-refractivity contribution in [1.82, 2.24) is 4.98 Å². The molecule has 32 heavy (non-hydrogen) atoms. The first-order valence-corrected chi connectivity index (χ1v) is 11.7. The predicted octanol–water partition coefficient (Wildman–Crippen LogP) is 6.69. The molecule has 1 aromatic heterocycles. The first-order chi connectivity index (χ1) is 15.1. The maximum absolute atomic E-state index is 12.9. The number of nitrogens with zero attached hydrogens (tertiary/aromatic N) is 1. The summed E-state index contributed by atoms with van der Waals surface area (Å²) in [6.07, 6.45) is 2.17. The SMILES string of the molecule is CC(C)=C[C@H]1[C@H](C(=O)Nc2nc3ccc(C(=O)Nc4c(C)cccc4Cl)cc3s2)C1(C)C. The fourth-order valence-electron chi connectivity index (χ4n) is 4.13. The standard InChI is InChI=1S/C25H26ClN3O2S/c1-13(2)11-16-20(25(16,4)5)23(31)29-24-27-18-10-9-15(12-19(18)32-24)22(30)28-21-14(3)7-6-8-17(21)26/h6-12,16,20H,1-5H3,(H,28,30)(H,27,29,31)/t16-,20+/m0/s1. The Morgan fingerprint density at radius 1 is 1.16 bits per heavy atom. The molecule has 0 saturated heterocycles. The number of hydrogen-bond donors (Lipinski definition) is 2. The molecule has 1 fully saturated rings. The van der Waals surface area contributed by atoms with Crippen molar-refractivity contribution in [3.63, 3.8) is 0 Å². The van der Waals surface area contributed by atoms with Gasteiger partial charge < -0.3 is 10.6 Å². The van der Waals surface area contributed by atoms with Gasteiger partial charge in [0.05, 0.1) is 26.8 Å². The number of para-hydroxylation sites is 1. The Balaban J connectivity index is 1.50. The molecule has 4 rings (SSSR count). The molecular formula is C25H26ClN3O2S. The summed E-state index contributed by atoms with van der Waals surface area (Å²) in [5.74, 6) is -0.0786. The van der Waals surface area contributed by atoms with Gasteiger partial charge in [0.1, 0.15) is 0 Å². The van der Waals surface area contributed by atoms with E-state index >= 15 is 0 Å². The van der Waals surface area contributed by atoms with Crippen molar-refractivity contribution in [2.45, 2.75) is 34.6 Å². The molecule has 1 aliphatic rings. The molecule has 0 radical (unpaired) electrons. The number of carbonyl (C=O) groups is 2. The van der Waals surface area contributed by atoms with Crippen LogP contribution in [0.5, 0.6) is 0 Å². The van der Waals surface area contributed by atoms with E-state index < -0.39 is 0 Å². The van der Waals surface area contributed by atoms with Gasteiger partial charge in [-0.25, -0.2) is 4.98 Å². The van der Waals surface area contributed by atoms with Gasteiger partial charge in [-0.1, -0.05) is 60.6 Å². The summed E-state index contributed by atoms with van der Waals surface area (Å²) in [4.78, 5) is 30.2. The lowest BCUT2D eigenvalue weighted by Crippen LogP contribution is -2.16. The maximum Gasteiger partial charge on any atom is 0.255 e. The van der Waals surface area contributed by atoms with Gasteiger partial charge in [0.15, 0.2) is 5.13 Å². The van der Waals surface area contributed by atoms with Crippen molar-refractivity contribution in [2.24, 2.45) is 17.3 Å². The molecule has 0 unspecified atom stereocenters. The highest BCUT2D eigenvalue weighted by molar-refractivity contribution is 7.22. The van der Waals surface area contributed by atoms with E-state index in [1.54, 1.807) is 24.3 Å². The molecule has 0 aliphatic heterocycles. The molecular weight excluding hydrogens is 442 g/mol. The molecule has 1 saturated carbocycles. The van der Waals surface area contributed by atoms with Gasteiger partial charge in [-0.05, 0) is 61.9 Å². The van der Waals surface area contributed by atoms with Crippen LogP contribution in [0.2, 0.25) is 5.02 Å². The van der Waals surface area contributed by atoms with Crippen molar-refractivity contribution >= 4 is 55.8 Å². The minimum Gasteiger partial charge on any atom is -0.320 e. The van der Waals surface area contributed by atoms with Gasteiger partial charge in [0.25, 0.3) is 5.91 Å². The molecule has 1 aliphatic carbocycles. The fourth-order valence-corrected chi connectivity index (χ4v) is 5.30. The van der Waals surface area contributed by atoms with Gasteiger partial charge in [0, 0.05) is 5.56 Å². The van der Waals surface area contributed by atoms with Crippen molar-refractivity contribution in [3.05, 3.63) is 64.2 Å². The van der Waals surface area contributed by atoms with Gasteiger partial charge >= 0.3 is 0 Å². The normalized spacial score (nSPS) is 18.8. The number of hydrogen-bond acceptors (Lipinski definition) is 4. The van der Waals surface area contributed by atoms with E-state index in [9.17, 15) is 9.59 Å². The highest BCUT2D eigenvalue weighted by Crippen LogP contribution is 2.59. The predicted molar refractivity (Wildman–Crippen MR) is 133 cm³/mol. The van der Waals surface area contributed by atoms with Gasteiger partial charge in [0.2, 0.25) is 5.91 Å². The third kappa shape index (κ3) is 4.30. The van der Waals surface area contributed by atoms with Crippen LogP contribution in [0.1, 0.15) is 43.6 Å². The van der Waals surface area contributed by atoms with Crippen LogP contribution in [0.3, 0.4) is 0 Å². The number of halogens is 1. The number of anilines is 2. The Hall–Kier alpha value is -2.70. The number of allylic oxidation sites excluding steroid dienone is 2. The number of rotatable bonds is 5. The molecule has 2 aromatic carbocycles. The minimum atomic E-state index is -0.244. The van der Waals surface area contributed by atoms with Crippen molar-refractivity contribution in [2.75, 3.05) is 10.6 Å². The first-order valence-electron chi connectivity index (χ1n) is 10.5. The van der Waals surface area contributed by atoms with Crippen LogP contribution >= 0.6 is 22.9 Å². The lowest BCUT2D eigenvalue weighted by Gasteiger charge is -2.10. The second-order valence-electron chi connectivity index (χ2n) is 9.15. The Bertz CT molecular complexity index is 1240. The Labute approximate surface area is 196 Å². The minimum absolute atomic E-state index is 0.0104. The summed E-state index contributed by atoms with van der Waals surface area (Å²) in [6, 6.07) is 10.8. The Morgan fingerprint density at radius 3 is 2.59 bits per heavy atom. The number of aromatic nitrogens is 1. The van der Waals surface area contributed by atoms with E-state index in [1.807, 2.05) is 19.1 Å². The van der Waals surface area contributed by atoms with Crippen LogP contribution in [-0.2, 0) is 4.79 Å². The zero-order valence-electron chi connectivity index (χ0n) is 18.7. The Kier molecular flexibility index (Phi) is 5.86. The van der Waals surface area contributed by atoms with Crippen molar-refractivity contribution in [1.29, 1.82) is 0 Å². The summed E-state index contributed by atoms with van der Waals surface area (Å²) in [5.41, 5.74) is 3.91. The van der Waals surface area contributed by atoms with Crippen LogP contribution in [-0.4, -0.2) is 16.8 Å². The number of aryl methyl sites for hydroxylation is 1. The number of benzene rings is 2. The Morgan fingerprint density at radius 2 is 1.91 bits per heavy atom. The lowest BCUT2D eigenvalue weighted by atomic mass is 10.1. The van der Waals surface area contributed by atoms with Gasteiger partial charge in [-0.3, -0.25) is 9.59 Å². The van der Waals surface area contributed by atoms with Crippen LogP contribution < -0.4 is 10.6 Å². The van der Waals surface area contributed by atoms with E-state index in [4.69, 9.17) is 11.6 Å². The van der Waals surface area contributed by atoms with E-state index in [0.717, 1.165) is 15.8 Å². The molecule has 2 atom stereocenters. The number of nitrogens with one attached hydrogen (secondary N) is 2. The summed E-state index contributed by atoms with van der Waals surface area (Å²) in [5, 5.41) is 6.91. The van der Waals surface area contributed by atoms with Crippen molar-refractivity contribution < 1.29 is 9.59 Å². The largest absolute Gasteiger partial charge is 0.320 e. The molecule has 2 amide bonds. The van der Waals surface area contributed by atoms with Crippen LogP contribution in [0.4, 0.5) is 10.8 Å². The second-order valence-corrected chi connectivity index (χ2v) is 10.6. The highest BCUT2D eigenvalue weighted by Gasteiger charge is 2.60. The van der Waals surface area contributed by atoms with Crippen LogP contribution in [0.25, 0.3) is 10.2 Å². The number of carbonyl (C=O) groups excluding carboxylic acids is 2. The molecule has 5 nitrogen and oxygen atoms in total. The van der Waals surface area contributed by atoms with E-state index in [-0.39, 0.29) is 29.1 Å². The third-order valence-electron chi connectivity index (χ3n) is 6.05. The highest BCUT2D eigenvalue weighted by atomic mass is 35.5. The molecule has 0 bridgehead atoms. The summed E-state index contributed by atoms with van der Waals surface area (Å²) >= 11 is 7.60. The summed E-state index contributed by atoms with van der Waals surface area (Å²) in [6.45, 7) is 10.2. The zero-order valence-corrected chi connectivity index (χ0v) is 20.3. The maximum atomic E-state index is 12.9. The van der Waals surface area contributed by atoms with Crippen molar-refractivity contribution in [3.8, 4) is 0 Å². The lowest BCUT2D eigenvalue weighted by molar-refractivity contribution is -0.118. The number of amides is 2. The smallest absolute Gasteiger partial charge is 0.255 e. The molecule has 7 heteroatoms. The molecule has 0 spiro atoms. The first kappa shape index (κ1) is 22.5. The summed E-state index contributed by atoms with van der Waals surface area (Å²) < 4.78 is 0.833. The topological polar surface area (TPSA) is 71.1 Å². The molecule has 166 valence electrons. The fraction of sp³-hybridized carbons (Fsp3) is 0.320. The van der Waals surface area contributed by atoms with Gasteiger partial charge in [-0.2, -0.15) is 0 Å². The van der Waals surface area contributed by atoms with Crippen LogP contribution in [0, 0.1) is 24.2 Å². The van der Waals surface area contributed by atoms with E-state index in [1.165, 1.54) is 16.9 Å². The summed E-state index contributed by atoms with van der Waals surface area (Å²) in [7, 11) is 0. The molecule has 3 aromatic rings. The average Bonchev–Trinajstić information content (AvgIpc) is 3.04. The zero-order chi connectivity index (χ0) is 23.2. The molecule has 1 heterocycles. The second kappa shape index (κ2) is 8.34. The third-order valence-corrected chi connectivity index (χ3v) is 7.30. The number of fused-ring (bicyclic) bond motifs is 1. The quantitative estimate of drug-likeness (QED) is 0.411. The molecule has 2 N–H and O–H groups in total. The van der Waals surface area contributed by atoms with E-state index in [0.29, 0.717) is 21.4 Å². The van der Waals surface area contributed by atoms with Gasteiger partial charge in [-0.15, -0.1) is 0 Å². The number of thiazole rings is 1. The van der Waals surface area contributed by atoms with Crippen LogP contribution in [0.15, 0.2) is 48.0 Å². The average molecular weight is 468 g/mol. The van der Waals surface area contributed by atoms with E-state index in [2.05, 4.69) is 49.4 Å².